The number of hydrogen-bond acceptors (Lipinski definition) is 1. The number of carbonyl (C=O) groups excluding carboxylic acids is 1. The Kier molecular flexibility index (Phi) is 5.12. The van der Waals surface area contributed by atoms with Crippen molar-refractivity contribution in [3.8, 4) is 0 Å². The fourth-order valence-electron chi connectivity index (χ4n) is 2.31. The molecule has 0 radical (unpaired) electrons. The van der Waals surface area contributed by atoms with Crippen molar-refractivity contribution in [2.75, 3.05) is 18.9 Å². The van der Waals surface area contributed by atoms with Crippen molar-refractivity contribution in [1.29, 1.82) is 0 Å². The van der Waals surface area contributed by atoms with Crippen LogP contribution >= 0.6 is 0 Å². The van der Waals surface area contributed by atoms with E-state index < -0.39 is 0 Å². The molecule has 3 heteroatoms. The van der Waals surface area contributed by atoms with Crippen molar-refractivity contribution in [3.63, 3.8) is 0 Å². The molecule has 110 valence electrons. The summed E-state index contributed by atoms with van der Waals surface area (Å²) in [6.45, 7) is 5.46. The molecule has 1 atom stereocenters. The molecule has 0 aliphatic carbocycles. The molecule has 1 unspecified atom stereocenters. The van der Waals surface area contributed by atoms with Crippen molar-refractivity contribution in [2.24, 2.45) is 0 Å². The van der Waals surface area contributed by atoms with Gasteiger partial charge in [0.1, 0.15) is 6.54 Å². The quantitative estimate of drug-likeness (QED) is 0.864. The van der Waals surface area contributed by atoms with Gasteiger partial charge in [-0.3, -0.25) is 4.79 Å². The molecule has 0 aliphatic heterocycles. The standard InChI is InChI=1S/C18H22N2O/c1-14-8-10-17(11-9-14)19-18(21)13-20(3)12-16-7-5-4-6-15(16)2/h4-11H,12-13H2,1-3H3,(H,19,21)/p+1. The molecule has 0 aliphatic rings. The first kappa shape index (κ1) is 15.3. The van der Waals surface area contributed by atoms with Crippen molar-refractivity contribution in [1.82, 2.24) is 0 Å². The van der Waals surface area contributed by atoms with Crippen LogP contribution in [0.15, 0.2) is 48.5 Å². The average Bonchev–Trinajstić information content (AvgIpc) is 2.44. The maximum atomic E-state index is 12.1. The third kappa shape index (κ3) is 4.72. The van der Waals surface area contributed by atoms with Gasteiger partial charge in [-0.25, -0.2) is 0 Å². The van der Waals surface area contributed by atoms with E-state index in [1.165, 1.54) is 21.6 Å². The number of rotatable bonds is 5. The third-order valence-corrected chi connectivity index (χ3v) is 3.55. The number of anilines is 1. The van der Waals surface area contributed by atoms with Crippen LogP contribution in [0.3, 0.4) is 0 Å². The Morgan fingerprint density at radius 1 is 1.05 bits per heavy atom. The summed E-state index contributed by atoms with van der Waals surface area (Å²) >= 11 is 0. The highest BCUT2D eigenvalue weighted by atomic mass is 16.2. The number of quaternary nitrogens is 1. The molecular formula is C18H23N2O+. The highest BCUT2D eigenvalue weighted by Crippen LogP contribution is 2.08. The molecule has 3 nitrogen and oxygen atoms in total. The normalized spacial score (nSPS) is 12.0. The van der Waals surface area contributed by atoms with E-state index in [-0.39, 0.29) is 5.91 Å². The van der Waals surface area contributed by atoms with Gasteiger partial charge in [0.2, 0.25) is 0 Å². The van der Waals surface area contributed by atoms with Crippen LogP contribution in [-0.4, -0.2) is 19.5 Å². The predicted molar refractivity (Wildman–Crippen MR) is 86.4 cm³/mol. The second-order valence-corrected chi connectivity index (χ2v) is 5.65. The monoisotopic (exact) mass is 283 g/mol. The van der Waals surface area contributed by atoms with Crippen molar-refractivity contribution in [2.45, 2.75) is 20.4 Å². The minimum atomic E-state index is 0.0462. The molecule has 0 aromatic heterocycles. The molecule has 21 heavy (non-hydrogen) atoms. The molecule has 0 spiro atoms. The van der Waals surface area contributed by atoms with E-state index >= 15 is 0 Å². The summed E-state index contributed by atoms with van der Waals surface area (Å²) in [4.78, 5) is 13.2. The van der Waals surface area contributed by atoms with E-state index in [0.717, 1.165) is 12.2 Å². The summed E-state index contributed by atoms with van der Waals surface area (Å²) in [5.74, 6) is 0.0462. The van der Waals surface area contributed by atoms with Gasteiger partial charge in [0, 0.05) is 11.3 Å². The van der Waals surface area contributed by atoms with Gasteiger partial charge in [0.15, 0.2) is 6.54 Å². The summed E-state index contributed by atoms with van der Waals surface area (Å²) in [5, 5.41) is 2.94. The molecule has 0 saturated heterocycles. The first-order valence-corrected chi connectivity index (χ1v) is 7.27. The fraction of sp³-hybridized carbons (Fsp3) is 0.278. The SMILES string of the molecule is Cc1ccc(NC(=O)C[NH+](C)Cc2ccccc2C)cc1. The van der Waals surface area contributed by atoms with E-state index in [1.807, 2.05) is 50.4 Å². The van der Waals surface area contributed by atoms with Crippen LogP contribution < -0.4 is 10.2 Å². The summed E-state index contributed by atoms with van der Waals surface area (Å²) in [6, 6.07) is 16.2. The van der Waals surface area contributed by atoms with Crippen molar-refractivity contribution >= 4 is 11.6 Å². The van der Waals surface area contributed by atoms with Crippen molar-refractivity contribution in [3.05, 3.63) is 65.2 Å². The van der Waals surface area contributed by atoms with E-state index in [4.69, 9.17) is 0 Å². The second-order valence-electron chi connectivity index (χ2n) is 5.65. The second kappa shape index (κ2) is 7.04. The highest BCUT2D eigenvalue weighted by molar-refractivity contribution is 5.91. The van der Waals surface area contributed by atoms with Gasteiger partial charge >= 0.3 is 0 Å². The molecule has 0 fully saturated rings. The molecule has 0 saturated carbocycles. The summed E-state index contributed by atoms with van der Waals surface area (Å²) in [7, 11) is 2.04. The molecular weight excluding hydrogens is 260 g/mol. The van der Waals surface area contributed by atoms with Gasteiger partial charge in [-0.15, -0.1) is 0 Å². The molecule has 2 aromatic rings. The van der Waals surface area contributed by atoms with Gasteiger partial charge in [-0.1, -0.05) is 42.0 Å². The summed E-state index contributed by atoms with van der Waals surface area (Å²) < 4.78 is 0. The van der Waals surface area contributed by atoms with Crippen LogP contribution in [-0.2, 0) is 11.3 Å². The Labute approximate surface area is 126 Å². The van der Waals surface area contributed by atoms with Crippen LogP contribution in [0.5, 0.6) is 0 Å². The van der Waals surface area contributed by atoms with Gasteiger partial charge in [-0.05, 0) is 31.5 Å². The molecule has 2 aromatic carbocycles. The molecule has 1 amide bonds. The van der Waals surface area contributed by atoms with E-state index in [1.54, 1.807) is 0 Å². The van der Waals surface area contributed by atoms with Crippen LogP contribution in [0.4, 0.5) is 5.69 Å². The Morgan fingerprint density at radius 3 is 2.38 bits per heavy atom. The van der Waals surface area contributed by atoms with E-state index in [0.29, 0.717) is 6.54 Å². The lowest BCUT2D eigenvalue weighted by Crippen LogP contribution is -3.08. The first-order chi connectivity index (χ1) is 10.0. The first-order valence-electron chi connectivity index (χ1n) is 7.27. The largest absolute Gasteiger partial charge is 0.326 e. The zero-order valence-electron chi connectivity index (χ0n) is 12.9. The fourth-order valence-corrected chi connectivity index (χ4v) is 2.31. The lowest BCUT2D eigenvalue weighted by Gasteiger charge is -2.15. The van der Waals surface area contributed by atoms with Gasteiger partial charge in [-0.2, -0.15) is 0 Å². The molecule has 2 N–H and O–H groups in total. The molecule has 0 heterocycles. The number of aryl methyl sites for hydroxylation is 2. The number of amides is 1. The zero-order valence-corrected chi connectivity index (χ0v) is 12.9. The lowest BCUT2D eigenvalue weighted by molar-refractivity contribution is -0.885. The lowest BCUT2D eigenvalue weighted by atomic mass is 10.1. The average molecular weight is 283 g/mol. The number of benzene rings is 2. The van der Waals surface area contributed by atoms with Gasteiger partial charge in [0.25, 0.3) is 5.91 Å². The maximum Gasteiger partial charge on any atom is 0.279 e. The van der Waals surface area contributed by atoms with E-state index in [2.05, 4.69) is 24.4 Å². The molecule has 2 rings (SSSR count). The molecule has 0 bridgehead atoms. The summed E-state index contributed by atoms with van der Waals surface area (Å²) in [6.07, 6.45) is 0. The van der Waals surface area contributed by atoms with Crippen LogP contribution in [0.25, 0.3) is 0 Å². The smallest absolute Gasteiger partial charge is 0.279 e. The Hall–Kier alpha value is -2.13. The topological polar surface area (TPSA) is 33.5 Å². The zero-order chi connectivity index (χ0) is 15.2. The van der Waals surface area contributed by atoms with Crippen LogP contribution in [0.1, 0.15) is 16.7 Å². The number of carbonyl (C=O) groups is 1. The third-order valence-electron chi connectivity index (χ3n) is 3.55. The Morgan fingerprint density at radius 2 is 1.71 bits per heavy atom. The van der Waals surface area contributed by atoms with Crippen LogP contribution in [0.2, 0.25) is 0 Å². The Bertz CT molecular complexity index is 605. The predicted octanol–water partition coefficient (Wildman–Crippen LogP) is 1.96. The van der Waals surface area contributed by atoms with Gasteiger partial charge in [0.05, 0.1) is 7.05 Å². The number of likely N-dealkylation sites (N-methyl/N-ethyl adjacent to an activating group) is 1. The van der Waals surface area contributed by atoms with E-state index in [9.17, 15) is 4.79 Å². The number of hydrogen-bond donors (Lipinski definition) is 2. The Balaban J connectivity index is 1.87. The minimum absolute atomic E-state index is 0.0462. The van der Waals surface area contributed by atoms with Gasteiger partial charge < -0.3 is 10.2 Å². The van der Waals surface area contributed by atoms with Crippen molar-refractivity contribution < 1.29 is 9.69 Å². The maximum absolute atomic E-state index is 12.1. The minimum Gasteiger partial charge on any atom is -0.326 e. The number of nitrogens with one attached hydrogen (secondary N) is 2. The van der Waals surface area contributed by atoms with Crippen LogP contribution in [0, 0.1) is 13.8 Å². The highest BCUT2D eigenvalue weighted by Gasteiger charge is 2.11. The summed E-state index contributed by atoms with van der Waals surface area (Å²) in [5.41, 5.74) is 4.61.